The van der Waals surface area contributed by atoms with Crippen LogP contribution in [0.25, 0.3) is 10.6 Å². The van der Waals surface area contributed by atoms with Crippen molar-refractivity contribution in [2.75, 3.05) is 0 Å². The maximum absolute atomic E-state index is 11.5. The van der Waals surface area contributed by atoms with Crippen LogP contribution in [0.3, 0.4) is 0 Å². The molecular formula is C14H11N3O3S2. The number of thiazole rings is 1. The zero-order chi connectivity index (χ0) is 15.7. The van der Waals surface area contributed by atoms with Crippen LogP contribution >= 0.6 is 22.7 Å². The Kier molecular flexibility index (Phi) is 3.86. The number of aryl methyl sites for hydroxylation is 2. The normalized spacial score (nSPS) is 10.6. The molecule has 0 atom stereocenters. The lowest BCUT2D eigenvalue weighted by molar-refractivity contribution is 0.0697. The molecule has 0 aliphatic carbocycles. The number of hydrogen-bond acceptors (Lipinski definition) is 7. The van der Waals surface area contributed by atoms with Gasteiger partial charge < -0.3 is 9.84 Å². The van der Waals surface area contributed by atoms with E-state index >= 15 is 0 Å². The van der Waals surface area contributed by atoms with Crippen LogP contribution < -0.4 is 4.74 Å². The standard InChI is InChI=1S/C14H11N3O3S2/c1-7-6-15-12(21-7)11-9(13(18)19)4-3-5-10(11)20-14-17-16-8(2)22-14/h3-6H,1-2H3,(H,18,19). The van der Waals surface area contributed by atoms with E-state index in [4.69, 9.17) is 4.74 Å². The summed E-state index contributed by atoms with van der Waals surface area (Å²) in [6, 6.07) is 4.87. The quantitative estimate of drug-likeness (QED) is 0.782. The van der Waals surface area contributed by atoms with Gasteiger partial charge in [0.05, 0.1) is 11.1 Å². The van der Waals surface area contributed by atoms with Crippen LogP contribution in [-0.4, -0.2) is 26.3 Å². The van der Waals surface area contributed by atoms with Gasteiger partial charge in [-0.05, 0) is 26.0 Å². The van der Waals surface area contributed by atoms with Gasteiger partial charge in [0.1, 0.15) is 15.8 Å². The van der Waals surface area contributed by atoms with Gasteiger partial charge in [-0.3, -0.25) is 0 Å². The predicted molar refractivity (Wildman–Crippen MR) is 84.0 cm³/mol. The molecule has 0 fully saturated rings. The fourth-order valence-electron chi connectivity index (χ4n) is 1.90. The number of hydrogen-bond donors (Lipinski definition) is 1. The first kappa shape index (κ1) is 14.6. The number of rotatable bonds is 4. The Hall–Kier alpha value is -2.32. The third-order valence-electron chi connectivity index (χ3n) is 2.80. The zero-order valence-electron chi connectivity index (χ0n) is 11.7. The lowest BCUT2D eigenvalue weighted by atomic mass is 10.1. The summed E-state index contributed by atoms with van der Waals surface area (Å²) in [5.41, 5.74) is 0.606. The topological polar surface area (TPSA) is 85.2 Å². The van der Waals surface area contributed by atoms with Gasteiger partial charge in [-0.15, -0.1) is 16.4 Å². The number of ether oxygens (including phenoxy) is 1. The van der Waals surface area contributed by atoms with Crippen molar-refractivity contribution < 1.29 is 14.6 Å². The first-order valence-electron chi connectivity index (χ1n) is 6.31. The maximum Gasteiger partial charge on any atom is 0.336 e. The first-order valence-corrected chi connectivity index (χ1v) is 7.95. The smallest absolute Gasteiger partial charge is 0.336 e. The molecule has 3 rings (SSSR count). The zero-order valence-corrected chi connectivity index (χ0v) is 13.4. The third kappa shape index (κ3) is 2.83. The Labute approximate surface area is 134 Å². The van der Waals surface area contributed by atoms with E-state index in [1.54, 1.807) is 18.3 Å². The molecule has 8 heteroatoms. The maximum atomic E-state index is 11.5. The summed E-state index contributed by atoms with van der Waals surface area (Å²) in [6.45, 7) is 3.74. The number of nitrogens with zero attached hydrogens (tertiary/aromatic N) is 3. The van der Waals surface area contributed by atoms with Gasteiger partial charge in [-0.2, -0.15) is 0 Å². The minimum absolute atomic E-state index is 0.146. The highest BCUT2D eigenvalue weighted by molar-refractivity contribution is 7.15. The molecule has 0 aliphatic rings. The van der Waals surface area contributed by atoms with Crippen LogP contribution in [0.4, 0.5) is 0 Å². The molecule has 6 nitrogen and oxygen atoms in total. The number of aromatic carboxylic acids is 1. The number of carboxylic acid groups (broad SMARTS) is 1. The molecule has 0 saturated heterocycles. The van der Waals surface area contributed by atoms with E-state index in [2.05, 4.69) is 15.2 Å². The SMILES string of the molecule is Cc1cnc(-c2c(Oc3nnc(C)s3)cccc2C(=O)O)s1. The Balaban J connectivity index is 2.13. The van der Waals surface area contributed by atoms with E-state index in [1.165, 1.54) is 28.7 Å². The number of benzene rings is 1. The van der Waals surface area contributed by atoms with Gasteiger partial charge >= 0.3 is 5.97 Å². The van der Waals surface area contributed by atoms with Gasteiger partial charge in [0, 0.05) is 11.1 Å². The van der Waals surface area contributed by atoms with Crippen LogP contribution in [0.2, 0.25) is 0 Å². The van der Waals surface area contributed by atoms with E-state index in [-0.39, 0.29) is 5.56 Å². The Morgan fingerprint density at radius 3 is 2.64 bits per heavy atom. The van der Waals surface area contributed by atoms with Crippen molar-refractivity contribution in [3.05, 3.63) is 39.8 Å². The molecule has 1 N–H and O–H groups in total. The van der Waals surface area contributed by atoms with Crippen LogP contribution in [0.5, 0.6) is 10.9 Å². The molecule has 2 aromatic heterocycles. The van der Waals surface area contributed by atoms with Crippen LogP contribution in [0.15, 0.2) is 24.4 Å². The summed E-state index contributed by atoms with van der Waals surface area (Å²) in [5, 5.41) is 19.0. The minimum Gasteiger partial charge on any atom is -0.478 e. The van der Waals surface area contributed by atoms with Gasteiger partial charge in [-0.25, -0.2) is 9.78 Å². The number of carboxylic acids is 1. The lowest BCUT2D eigenvalue weighted by Crippen LogP contribution is -2.01. The summed E-state index contributed by atoms with van der Waals surface area (Å²) in [5.74, 6) is -0.618. The van der Waals surface area contributed by atoms with E-state index in [0.29, 0.717) is 21.5 Å². The molecule has 2 heterocycles. The van der Waals surface area contributed by atoms with Crippen molar-refractivity contribution in [2.45, 2.75) is 13.8 Å². The minimum atomic E-state index is -1.03. The summed E-state index contributed by atoms with van der Waals surface area (Å²) >= 11 is 2.71. The molecule has 3 aromatic rings. The third-order valence-corrected chi connectivity index (χ3v) is 4.44. The van der Waals surface area contributed by atoms with Crippen molar-refractivity contribution in [1.82, 2.24) is 15.2 Å². The highest BCUT2D eigenvalue weighted by atomic mass is 32.1. The summed E-state index contributed by atoms with van der Waals surface area (Å²) < 4.78 is 5.73. The fraction of sp³-hybridized carbons (Fsp3) is 0.143. The first-order chi connectivity index (χ1) is 10.5. The van der Waals surface area contributed by atoms with Crippen molar-refractivity contribution in [3.63, 3.8) is 0 Å². The van der Waals surface area contributed by atoms with E-state index in [0.717, 1.165) is 9.88 Å². The summed E-state index contributed by atoms with van der Waals surface area (Å²) in [4.78, 5) is 16.8. The van der Waals surface area contributed by atoms with E-state index in [9.17, 15) is 9.90 Å². The predicted octanol–water partition coefficient (Wildman–Crippen LogP) is 3.77. The number of carbonyl (C=O) groups is 1. The van der Waals surface area contributed by atoms with Gasteiger partial charge in [0.15, 0.2) is 0 Å². The van der Waals surface area contributed by atoms with E-state index in [1.807, 2.05) is 13.8 Å². The highest BCUT2D eigenvalue weighted by Crippen LogP contribution is 2.38. The fourth-order valence-corrected chi connectivity index (χ4v) is 3.27. The molecule has 0 saturated carbocycles. The largest absolute Gasteiger partial charge is 0.478 e. The van der Waals surface area contributed by atoms with Gasteiger partial charge in [0.2, 0.25) is 0 Å². The van der Waals surface area contributed by atoms with Crippen molar-refractivity contribution in [2.24, 2.45) is 0 Å². The van der Waals surface area contributed by atoms with Crippen LogP contribution in [0.1, 0.15) is 20.2 Å². The molecule has 112 valence electrons. The van der Waals surface area contributed by atoms with Crippen molar-refractivity contribution in [3.8, 4) is 21.5 Å². The van der Waals surface area contributed by atoms with Crippen LogP contribution in [0, 0.1) is 13.8 Å². The van der Waals surface area contributed by atoms with E-state index < -0.39 is 5.97 Å². The summed E-state index contributed by atoms with van der Waals surface area (Å²) in [6.07, 6.45) is 1.71. The molecule has 0 aliphatic heterocycles. The lowest BCUT2D eigenvalue weighted by Gasteiger charge is -2.09. The Bertz CT molecular complexity index is 841. The molecule has 22 heavy (non-hydrogen) atoms. The summed E-state index contributed by atoms with van der Waals surface area (Å²) in [7, 11) is 0. The average molecular weight is 333 g/mol. The Morgan fingerprint density at radius 2 is 2.05 bits per heavy atom. The number of aromatic nitrogens is 3. The molecular weight excluding hydrogens is 322 g/mol. The highest BCUT2D eigenvalue weighted by Gasteiger charge is 2.20. The molecule has 0 unspecified atom stereocenters. The monoisotopic (exact) mass is 333 g/mol. The molecule has 0 radical (unpaired) electrons. The second-order valence-corrected chi connectivity index (χ2v) is 6.83. The van der Waals surface area contributed by atoms with Gasteiger partial charge in [0.25, 0.3) is 5.19 Å². The average Bonchev–Trinajstić information content (AvgIpc) is 3.07. The molecule has 0 amide bonds. The van der Waals surface area contributed by atoms with Gasteiger partial charge in [-0.1, -0.05) is 22.5 Å². The van der Waals surface area contributed by atoms with Crippen molar-refractivity contribution >= 4 is 28.6 Å². The second kappa shape index (κ2) is 5.82. The molecule has 0 bridgehead atoms. The molecule has 1 aromatic carbocycles. The Morgan fingerprint density at radius 1 is 1.23 bits per heavy atom. The second-order valence-electron chi connectivity index (χ2n) is 4.45. The van der Waals surface area contributed by atoms with Crippen LogP contribution in [-0.2, 0) is 0 Å². The molecule has 0 spiro atoms. The van der Waals surface area contributed by atoms with Crippen molar-refractivity contribution in [1.29, 1.82) is 0 Å².